The van der Waals surface area contributed by atoms with Crippen LogP contribution in [0.2, 0.25) is 20.1 Å². The minimum Gasteiger partial charge on any atom is -0.350 e. The van der Waals surface area contributed by atoms with Gasteiger partial charge in [-0.2, -0.15) is 0 Å². The quantitative estimate of drug-likeness (QED) is 0.315. The monoisotopic (exact) mass is 619 g/mol. The zero-order chi connectivity index (χ0) is 28.2. The van der Waals surface area contributed by atoms with E-state index in [0.29, 0.717) is 33.2 Å². The van der Waals surface area contributed by atoms with Gasteiger partial charge in [-0.3, -0.25) is 14.6 Å². The highest BCUT2D eigenvalue weighted by molar-refractivity contribution is 6.42. The second-order valence-corrected chi connectivity index (χ2v) is 12.3. The first-order chi connectivity index (χ1) is 19.3. The van der Waals surface area contributed by atoms with Gasteiger partial charge in [-0.1, -0.05) is 64.6 Å². The van der Waals surface area contributed by atoms with E-state index in [1.165, 1.54) is 18.4 Å². The SMILES string of the molecule is C[C@@H]1CN(C2CCN(Cc3ccc(Cl)cc3)CC2)CCN1c1ncc(C(=O)NCc2ccc(Cl)c(Cl)c2)cc1Cl. The van der Waals surface area contributed by atoms with E-state index in [9.17, 15) is 4.79 Å². The average Bonchev–Trinajstić information content (AvgIpc) is 2.95. The van der Waals surface area contributed by atoms with Crippen molar-refractivity contribution in [1.29, 1.82) is 0 Å². The molecule has 0 spiro atoms. The normalized spacial score (nSPS) is 19.1. The minimum absolute atomic E-state index is 0.243. The van der Waals surface area contributed by atoms with Crippen molar-refractivity contribution in [3.8, 4) is 0 Å². The number of piperidine rings is 1. The summed E-state index contributed by atoms with van der Waals surface area (Å²) < 4.78 is 0. The standard InChI is InChI=1S/C30H33Cl4N5O/c1-20-18-38(25-8-10-37(11-9-25)19-21-2-5-24(31)6-3-21)12-13-39(20)29-28(34)15-23(17-35-29)30(40)36-16-22-4-7-26(32)27(33)14-22/h2-7,14-15,17,20,25H,8-13,16,18-19H2,1H3,(H,36,40)/t20-/m1/s1. The first kappa shape index (κ1) is 29.4. The Hall–Kier alpha value is -2.06. The summed E-state index contributed by atoms with van der Waals surface area (Å²) in [5, 5.41) is 5.09. The molecular weight excluding hydrogens is 588 g/mol. The first-order valence-corrected chi connectivity index (χ1v) is 15.1. The summed E-state index contributed by atoms with van der Waals surface area (Å²) in [6.45, 7) is 8.50. The van der Waals surface area contributed by atoms with Crippen LogP contribution < -0.4 is 10.2 Å². The summed E-state index contributed by atoms with van der Waals surface area (Å²) in [6, 6.07) is 16.0. The average molecular weight is 621 g/mol. The van der Waals surface area contributed by atoms with Gasteiger partial charge in [-0.25, -0.2) is 4.98 Å². The fraction of sp³-hybridized carbons (Fsp3) is 0.400. The number of carbonyl (C=O) groups excluding carboxylic acids is 1. The molecule has 1 aromatic heterocycles. The lowest BCUT2D eigenvalue weighted by atomic mass is 10.00. The van der Waals surface area contributed by atoms with Gasteiger partial charge in [0, 0.05) is 56.0 Å². The molecule has 10 heteroatoms. The predicted molar refractivity (Wildman–Crippen MR) is 165 cm³/mol. The lowest BCUT2D eigenvalue weighted by Gasteiger charge is -2.46. The zero-order valence-electron chi connectivity index (χ0n) is 22.4. The molecule has 40 heavy (non-hydrogen) atoms. The number of pyridine rings is 1. The van der Waals surface area contributed by atoms with Crippen molar-refractivity contribution in [2.45, 2.75) is 44.9 Å². The molecule has 0 bridgehead atoms. The van der Waals surface area contributed by atoms with E-state index in [2.05, 4.69) is 44.1 Å². The molecule has 5 rings (SSSR count). The van der Waals surface area contributed by atoms with Gasteiger partial charge < -0.3 is 10.2 Å². The van der Waals surface area contributed by atoms with Crippen molar-refractivity contribution in [2.75, 3.05) is 37.6 Å². The third kappa shape index (κ3) is 7.22. The molecule has 0 radical (unpaired) electrons. The van der Waals surface area contributed by atoms with Crippen LogP contribution in [-0.2, 0) is 13.1 Å². The number of carbonyl (C=O) groups is 1. The van der Waals surface area contributed by atoms with E-state index in [1.807, 2.05) is 18.2 Å². The molecule has 2 aromatic carbocycles. The zero-order valence-corrected chi connectivity index (χ0v) is 25.4. The predicted octanol–water partition coefficient (Wildman–Crippen LogP) is 6.80. The largest absolute Gasteiger partial charge is 0.350 e. The molecule has 3 heterocycles. The lowest BCUT2D eigenvalue weighted by molar-refractivity contribution is 0.0904. The maximum atomic E-state index is 12.7. The molecule has 2 fully saturated rings. The number of aromatic nitrogens is 1. The maximum absolute atomic E-state index is 12.7. The van der Waals surface area contributed by atoms with Crippen LogP contribution in [0, 0.1) is 0 Å². The van der Waals surface area contributed by atoms with Crippen LogP contribution >= 0.6 is 46.4 Å². The van der Waals surface area contributed by atoms with Crippen molar-refractivity contribution in [3.05, 3.63) is 91.5 Å². The Balaban J connectivity index is 1.12. The van der Waals surface area contributed by atoms with Gasteiger partial charge in [-0.05, 0) is 74.3 Å². The Labute approximate surface area is 256 Å². The van der Waals surface area contributed by atoms with Crippen molar-refractivity contribution in [3.63, 3.8) is 0 Å². The fourth-order valence-corrected chi connectivity index (χ4v) is 6.34. The number of benzene rings is 2. The van der Waals surface area contributed by atoms with Crippen LogP contribution in [-0.4, -0.2) is 65.5 Å². The molecule has 1 N–H and O–H groups in total. The molecule has 6 nitrogen and oxygen atoms in total. The van der Waals surface area contributed by atoms with Crippen molar-refractivity contribution in [1.82, 2.24) is 20.1 Å². The number of nitrogens with one attached hydrogen (secondary N) is 1. The van der Waals surface area contributed by atoms with Gasteiger partial charge in [0.1, 0.15) is 5.82 Å². The van der Waals surface area contributed by atoms with E-state index < -0.39 is 0 Å². The van der Waals surface area contributed by atoms with Crippen molar-refractivity contribution in [2.24, 2.45) is 0 Å². The van der Waals surface area contributed by atoms with Gasteiger partial charge in [0.2, 0.25) is 0 Å². The minimum atomic E-state index is -0.243. The molecule has 3 aromatic rings. The summed E-state index contributed by atoms with van der Waals surface area (Å²) in [7, 11) is 0. The third-order valence-corrected chi connectivity index (χ3v) is 9.11. The number of hydrogen-bond acceptors (Lipinski definition) is 5. The highest BCUT2D eigenvalue weighted by Crippen LogP contribution is 2.29. The number of nitrogens with zero attached hydrogens (tertiary/aromatic N) is 4. The van der Waals surface area contributed by atoms with Crippen molar-refractivity contribution < 1.29 is 4.79 Å². The van der Waals surface area contributed by atoms with Gasteiger partial charge >= 0.3 is 0 Å². The van der Waals surface area contributed by atoms with E-state index in [0.717, 1.165) is 55.7 Å². The summed E-state index contributed by atoms with van der Waals surface area (Å²) in [4.78, 5) is 24.8. The Morgan fingerprint density at radius 3 is 2.30 bits per heavy atom. The molecule has 2 saturated heterocycles. The Morgan fingerprint density at radius 1 is 0.900 bits per heavy atom. The summed E-state index contributed by atoms with van der Waals surface area (Å²) in [5.74, 6) is 0.486. The van der Waals surface area contributed by atoms with E-state index in [4.69, 9.17) is 46.4 Å². The van der Waals surface area contributed by atoms with E-state index in [1.54, 1.807) is 24.4 Å². The molecule has 0 saturated carbocycles. The van der Waals surface area contributed by atoms with E-state index >= 15 is 0 Å². The molecule has 0 aliphatic carbocycles. The molecule has 2 aliphatic rings. The molecule has 212 valence electrons. The highest BCUT2D eigenvalue weighted by atomic mass is 35.5. The highest BCUT2D eigenvalue weighted by Gasteiger charge is 2.32. The number of halogens is 4. The smallest absolute Gasteiger partial charge is 0.253 e. The molecule has 1 amide bonds. The molecule has 1 atom stereocenters. The van der Waals surface area contributed by atoms with Crippen molar-refractivity contribution >= 4 is 58.1 Å². The van der Waals surface area contributed by atoms with Gasteiger partial charge in [0.25, 0.3) is 5.91 Å². The summed E-state index contributed by atoms with van der Waals surface area (Å²) in [6.07, 6.45) is 3.94. The lowest BCUT2D eigenvalue weighted by Crippen LogP contribution is -2.57. The maximum Gasteiger partial charge on any atom is 0.253 e. The van der Waals surface area contributed by atoms with Gasteiger partial charge in [-0.15, -0.1) is 0 Å². The summed E-state index contributed by atoms with van der Waals surface area (Å²) in [5.41, 5.74) is 2.59. The summed E-state index contributed by atoms with van der Waals surface area (Å²) >= 11 is 24.7. The topological polar surface area (TPSA) is 51.7 Å². The first-order valence-electron chi connectivity index (χ1n) is 13.6. The van der Waals surface area contributed by atoms with Crippen LogP contribution in [0.1, 0.15) is 41.3 Å². The molecule has 0 unspecified atom stereocenters. The second-order valence-electron chi connectivity index (χ2n) is 10.6. The van der Waals surface area contributed by atoms with Crippen LogP contribution in [0.3, 0.4) is 0 Å². The number of rotatable bonds is 7. The van der Waals surface area contributed by atoms with Crippen LogP contribution in [0.5, 0.6) is 0 Å². The van der Waals surface area contributed by atoms with Gasteiger partial charge in [0.15, 0.2) is 0 Å². The number of hydrogen-bond donors (Lipinski definition) is 1. The van der Waals surface area contributed by atoms with Crippen LogP contribution in [0.4, 0.5) is 5.82 Å². The van der Waals surface area contributed by atoms with Crippen LogP contribution in [0.15, 0.2) is 54.7 Å². The van der Waals surface area contributed by atoms with E-state index in [-0.39, 0.29) is 11.9 Å². The van der Waals surface area contributed by atoms with Crippen LogP contribution in [0.25, 0.3) is 0 Å². The number of amides is 1. The third-order valence-electron chi connectivity index (χ3n) is 7.84. The van der Waals surface area contributed by atoms with Gasteiger partial charge in [0.05, 0.1) is 20.6 Å². The number of piperazine rings is 1. The number of likely N-dealkylation sites (tertiary alicyclic amines) is 1. The number of anilines is 1. The molecule has 2 aliphatic heterocycles. The Bertz CT molecular complexity index is 1330. The molecular formula is C30H33Cl4N5O. The fourth-order valence-electron chi connectivity index (χ4n) is 5.62. The second kappa shape index (κ2) is 13.3. The Kier molecular flexibility index (Phi) is 9.77. The Morgan fingerprint density at radius 2 is 1.62 bits per heavy atom.